The molecule has 2 N–H and O–H groups in total. The lowest BCUT2D eigenvalue weighted by molar-refractivity contribution is -0.133. The van der Waals surface area contributed by atoms with Gasteiger partial charge in [-0.25, -0.2) is 4.79 Å². The van der Waals surface area contributed by atoms with Crippen molar-refractivity contribution >= 4 is 18.3 Å². The van der Waals surface area contributed by atoms with Gasteiger partial charge in [0.05, 0.1) is 12.6 Å². The summed E-state index contributed by atoms with van der Waals surface area (Å²) < 4.78 is 0. The molecule has 0 aromatic heterocycles. The Morgan fingerprint density at radius 1 is 1.14 bits per heavy atom. The molecule has 0 aliphatic carbocycles. The summed E-state index contributed by atoms with van der Waals surface area (Å²) >= 11 is 0. The van der Waals surface area contributed by atoms with Gasteiger partial charge in [-0.3, -0.25) is 9.59 Å². The van der Waals surface area contributed by atoms with Crippen LogP contribution < -0.4 is 5.32 Å². The Labute approximate surface area is 171 Å². The summed E-state index contributed by atoms with van der Waals surface area (Å²) in [6.45, 7) is 14.3. The van der Waals surface area contributed by atoms with E-state index in [1.807, 2.05) is 13.8 Å². The Morgan fingerprint density at radius 2 is 1.61 bits per heavy atom. The normalized spacial score (nSPS) is 15.1. The quantitative estimate of drug-likeness (QED) is 0.507. The van der Waals surface area contributed by atoms with Crippen LogP contribution in [-0.4, -0.2) is 73.0 Å². The molecule has 1 heterocycles. The largest absolute Gasteiger partial charge is 0.478 e. The topological polar surface area (TPSA) is 90.0 Å². The fraction of sp³-hybridized carbons (Fsp3) is 0.762. The van der Waals surface area contributed by atoms with Gasteiger partial charge in [-0.2, -0.15) is 0 Å². The van der Waals surface area contributed by atoms with E-state index in [4.69, 9.17) is 5.11 Å². The van der Waals surface area contributed by atoms with Gasteiger partial charge in [0.1, 0.15) is 0 Å². The molecule has 0 unspecified atom stereocenters. The van der Waals surface area contributed by atoms with E-state index in [1.54, 1.807) is 13.1 Å². The number of carboxylic acid groups (broad SMARTS) is 1. The zero-order valence-electron chi connectivity index (χ0n) is 19.0. The molecule has 0 spiro atoms. The molecular formula is C21H41N3O4. The zero-order chi connectivity index (χ0) is 22.3. The number of hydrogen-bond acceptors (Lipinski definition) is 4. The van der Waals surface area contributed by atoms with E-state index in [2.05, 4.69) is 38.0 Å². The molecule has 0 aromatic rings. The third kappa shape index (κ3) is 15.2. The first-order chi connectivity index (χ1) is 12.9. The molecule has 28 heavy (non-hydrogen) atoms. The van der Waals surface area contributed by atoms with Crippen LogP contribution in [0.4, 0.5) is 0 Å². The molecule has 0 aromatic carbocycles. The smallest absolute Gasteiger partial charge is 0.331 e. The standard InChI is InChI=1S/C12H20N2O4.C5H11N.C4H10/c1-8(2)10(5-9(3)12(17)18)14(4)11(16)6-13-7-15;1-6-4-2-3-5-6;1-4(2)3/h5,7-8,10H,6H2,1-4H3,(H,13,15)(H,17,18);2-5H2,1H3;4H,1-3H3/b9-5+;;/t10-;;/m1../s1. The summed E-state index contributed by atoms with van der Waals surface area (Å²) in [5.41, 5.74) is 0.191. The van der Waals surface area contributed by atoms with Gasteiger partial charge in [0.2, 0.25) is 12.3 Å². The molecule has 1 atom stereocenters. The van der Waals surface area contributed by atoms with Gasteiger partial charge >= 0.3 is 5.97 Å². The van der Waals surface area contributed by atoms with E-state index in [0.29, 0.717) is 6.41 Å². The Balaban J connectivity index is 0. The molecule has 0 saturated carbocycles. The number of amides is 2. The van der Waals surface area contributed by atoms with Gasteiger partial charge in [0.15, 0.2) is 0 Å². The monoisotopic (exact) mass is 399 g/mol. The van der Waals surface area contributed by atoms with Crippen LogP contribution in [0.1, 0.15) is 54.4 Å². The molecule has 7 nitrogen and oxygen atoms in total. The second-order valence-electron chi connectivity index (χ2n) is 8.14. The molecule has 1 aliphatic rings. The molecule has 1 saturated heterocycles. The lowest BCUT2D eigenvalue weighted by Gasteiger charge is -2.29. The Kier molecular flexibility index (Phi) is 16.3. The SMILES string of the molecule is C/C(=C\[C@H](C(C)C)N(C)C(=O)CNC=O)C(=O)O.CC(C)C.CN1CCCC1. The number of carboxylic acids is 1. The molecule has 1 fully saturated rings. The predicted octanol–water partition coefficient (Wildman–Crippen LogP) is 2.62. The van der Waals surface area contributed by atoms with Gasteiger partial charge in [0.25, 0.3) is 0 Å². The summed E-state index contributed by atoms with van der Waals surface area (Å²) in [6.07, 6.45) is 4.83. The van der Waals surface area contributed by atoms with E-state index >= 15 is 0 Å². The van der Waals surface area contributed by atoms with Crippen molar-refractivity contribution in [3.63, 3.8) is 0 Å². The Morgan fingerprint density at radius 3 is 1.89 bits per heavy atom. The maximum Gasteiger partial charge on any atom is 0.331 e. The lowest BCUT2D eigenvalue weighted by atomic mass is 10.00. The minimum atomic E-state index is -1.01. The molecule has 164 valence electrons. The third-order valence-corrected chi connectivity index (χ3v) is 3.95. The van der Waals surface area contributed by atoms with Crippen LogP contribution in [0.25, 0.3) is 0 Å². The summed E-state index contributed by atoms with van der Waals surface area (Å²) in [5.74, 6) is -0.368. The van der Waals surface area contributed by atoms with Crippen LogP contribution in [-0.2, 0) is 14.4 Å². The average molecular weight is 400 g/mol. The summed E-state index contributed by atoms with van der Waals surface area (Å²) in [4.78, 5) is 36.4. The first-order valence-electron chi connectivity index (χ1n) is 9.96. The van der Waals surface area contributed by atoms with E-state index in [0.717, 1.165) is 5.92 Å². The second-order valence-corrected chi connectivity index (χ2v) is 8.14. The first kappa shape index (κ1) is 28.3. The number of rotatable bonds is 7. The lowest BCUT2D eigenvalue weighted by Crippen LogP contribution is -2.43. The molecule has 1 aliphatic heterocycles. The van der Waals surface area contributed by atoms with Crippen LogP contribution in [0.15, 0.2) is 11.6 Å². The van der Waals surface area contributed by atoms with Crippen molar-refractivity contribution in [1.82, 2.24) is 15.1 Å². The van der Waals surface area contributed by atoms with Gasteiger partial charge in [-0.1, -0.05) is 40.7 Å². The van der Waals surface area contributed by atoms with Crippen molar-refractivity contribution < 1.29 is 19.5 Å². The third-order valence-electron chi connectivity index (χ3n) is 3.95. The predicted molar refractivity (Wildman–Crippen MR) is 114 cm³/mol. The number of carbonyl (C=O) groups is 3. The molecule has 0 bridgehead atoms. The van der Waals surface area contributed by atoms with E-state index in [9.17, 15) is 14.4 Å². The number of hydrogen-bond donors (Lipinski definition) is 2. The van der Waals surface area contributed by atoms with Crippen LogP contribution in [0.5, 0.6) is 0 Å². The minimum absolute atomic E-state index is 0.0736. The van der Waals surface area contributed by atoms with Crippen molar-refractivity contribution in [3.8, 4) is 0 Å². The maximum atomic E-state index is 11.7. The van der Waals surface area contributed by atoms with Crippen molar-refractivity contribution in [2.75, 3.05) is 33.7 Å². The number of likely N-dealkylation sites (N-methyl/N-ethyl adjacent to an activating group) is 1. The van der Waals surface area contributed by atoms with E-state index in [1.165, 1.54) is 37.8 Å². The number of nitrogens with one attached hydrogen (secondary N) is 1. The average Bonchev–Trinajstić information content (AvgIpc) is 3.07. The first-order valence-corrected chi connectivity index (χ1v) is 9.96. The summed E-state index contributed by atoms with van der Waals surface area (Å²) in [6, 6.07) is -0.318. The van der Waals surface area contributed by atoms with Crippen molar-refractivity contribution in [2.24, 2.45) is 11.8 Å². The zero-order valence-corrected chi connectivity index (χ0v) is 19.0. The van der Waals surface area contributed by atoms with Gasteiger partial charge in [-0.15, -0.1) is 0 Å². The molecule has 7 heteroatoms. The highest BCUT2D eigenvalue weighted by molar-refractivity contribution is 5.86. The van der Waals surface area contributed by atoms with Gasteiger partial charge in [-0.05, 0) is 51.7 Å². The van der Waals surface area contributed by atoms with Crippen LogP contribution in [0.3, 0.4) is 0 Å². The highest BCUT2D eigenvalue weighted by Gasteiger charge is 2.21. The summed E-state index contributed by atoms with van der Waals surface area (Å²) in [7, 11) is 3.76. The van der Waals surface area contributed by atoms with Crippen molar-refractivity contribution in [1.29, 1.82) is 0 Å². The van der Waals surface area contributed by atoms with E-state index < -0.39 is 5.97 Å². The number of nitrogens with zero attached hydrogens (tertiary/aromatic N) is 2. The number of likely N-dealkylation sites (tertiary alicyclic amines) is 1. The van der Waals surface area contributed by atoms with Gasteiger partial charge < -0.3 is 20.2 Å². The van der Waals surface area contributed by atoms with Crippen LogP contribution >= 0.6 is 0 Å². The molecule has 0 radical (unpaired) electrons. The van der Waals surface area contributed by atoms with Crippen molar-refractivity contribution in [2.45, 2.75) is 60.4 Å². The van der Waals surface area contributed by atoms with Crippen LogP contribution in [0, 0.1) is 11.8 Å². The Hall–Kier alpha value is -1.89. The second kappa shape index (κ2) is 16.1. The highest BCUT2D eigenvalue weighted by Crippen LogP contribution is 2.13. The number of carbonyl (C=O) groups excluding carboxylic acids is 2. The molecular weight excluding hydrogens is 358 g/mol. The summed E-state index contributed by atoms with van der Waals surface area (Å²) in [5, 5.41) is 11.1. The molecule has 1 rings (SSSR count). The fourth-order valence-electron chi connectivity index (χ4n) is 2.37. The highest BCUT2D eigenvalue weighted by atomic mass is 16.4. The van der Waals surface area contributed by atoms with Gasteiger partial charge in [0, 0.05) is 12.6 Å². The number of aliphatic carboxylic acids is 1. The van der Waals surface area contributed by atoms with E-state index in [-0.39, 0.29) is 30.0 Å². The minimum Gasteiger partial charge on any atom is -0.478 e. The molecule has 2 amide bonds. The van der Waals surface area contributed by atoms with Crippen LogP contribution in [0.2, 0.25) is 0 Å². The Bertz CT molecular complexity index is 481. The van der Waals surface area contributed by atoms with Crippen molar-refractivity contribution in [3.05, 3.63) is 11.6 Å². The maximum absolute atomic E-state index is 11.7. The fourth-order valence-corrected chi connectivity index (χ4v) is 2.37.